The van der Waals surface area contributed by atoms with Crippen LogP contribution in [0.5, 0.6) is 0 Å². The quantitative estimate of drug-likeness (QED) is 0.639. The lowest BCUT2D eigenvalue weighted by atomic mass is 10.1. The van der Waals surface area contributed by atoms with Crippen molar-refractivity contribution in [2.75, 3.05) is 0 Å². The van der Waals surface area contributed by atoms with E-state index in [1.165, 1.54) is 11.3 Å². The summed E-state index contributed by atoms with van der Waals surface area (Å²) in [6.45, 7) is 0. The van der Waals surface area contributed by atoms with Gasteiger partial charge in [-0.05, 0) is 34.4 Å². The third-order valence-electron chi connectivity index (χ3n) is 3.19. The molecule has 2 atom stereocenters. The molecule has 1 heterocycles. The standard InChI is InChI=1S/C15H18NO4PS/c17-15(18)7-6-14(13-8-9-22-11-13)16-21(19,20)10-12-4-2-1-3-5-12/h1-5,8-9,11,14H,6-7,10H2,(H,17,18)(H2,16,19,20). The van der Waals surface area contributed by atoms with Gasteiger partial charge >= 0.3 is 5.97 Å². The van der Waals surface area contributed by atoms with Crippen molar-refractivity contribution in [3.8, 4) is 0 Å². The van der Waals surface area contributed by atoms with E-state index in [-0.39, 0.29) is 19.0 Å². The van der Waals surface area contributed by atoms with E-state index >= 15 is 0 Å². The number of nitrogens with one attached hydrogen (secondary N) is 1. The molecule has 118 valence electrons. The highest BCUT2D eigenvalue weighted by Gasteiger charge is 2.25. The smallest absolute Gasteiger partial charge is 0.303 e. The van der Waals surface area contributed by atoms with E-state index < -0.39 is 19.5 Å². The van der Waals surface area contributed by atoms with Crippen LogP contribution in [0.25, 0.3) is 0 Å². The topological polar surface area (TPSA) is 86.6 Å². The normalized spacial score (nSPS) is 15.1. The van der Waals surface area contributed by atoms with Gasteiger partial charge in [-0.15, -0.1) is 0 Å². The van der Waals surface area contributed by atoms with Crippen molar-refractivity contribution in [3.05, 3.63) is 58.3 Å². The second kappa shape index (κ2) is 7.70. The van der Waals surface area contributed by atoms with Gasteiger partial charge in [-0.25, -0.2) is 5.09 Å². The predicted octanol–water partition coefficient (Wildman–Crippen LogP) is 3.63. The highest BCUT2D eigenvalue weighted by atomic mass is 32.1. The van der Waals surface area contributed by atoms with Crippen LogP contribution >= 0.6 is 18.9 Å². The fraction of sp³-hybridized carbons (Fsp3) is 0.267. The van der Waals surface area contributed by atoms with E-state index in [1.54, 1.807) is 12.1 Å². The Bertz CT molecular complexity index is 645. The summed E-state index contributed by atoms with van der Waals surface area (Å²) in [7, 11) is -3.61. The van der Waals surface area contributed by atoms with Crippen LogP contribution in [-0.2, 0) is 15.5 Å². The van der Waals surface area contributed by atoms with Crippen molar-refractivity contribution in [1.82, 2.24) is 5.09 Å². The molecule has 22 heavy (non-hydrogen) atoms. The summed E-state index contributed by atoms with van der Waals surface area (Å²) in [5, 5.41) is 15.3. The average Bonchev–Trinajstić information content (AvgIpc) is 2.98. The first-order valence-corrected chi connectivity index (χ1v) is 9.62. The monoisotopic (exact) mass is 339 g/mol. The fourth-order valence-electron chi connectivity index (χ4n) is 2.17. The van der Waals surface area contributed by atoms with Gasteiger partial charge in [0.25, 0.3) is 7.52 Å². The maximum Gasteiger partial charge on any atom is 0.303 e. The molecule has 2 aromatic rings. The predicted molar refractivity (Wildman–Crippen MR) is 87.0 cm³/mol. The lowest BCUT2D eigenvalue weighted by Crippen LogP contribution is -2.20. The van der Waals surface area contributed by atoms with Crippen LogP contribution in [0.1, 0.15) is 30.0 Å². The lowest BCUT2D eigenvalue weighted by molar-refractivity contribution is -0.137. The molecule has 0 fully saturated rings. The molecule has 0 amide bonds. The van der Waals surface area contributed by atoms with Crippen molar-refractivity contribution < 1.29 is 19.4 Å². The third kappa shape index (κ3) is 5.39. The lowest BCUT2D eigenvalue weighted by Gasteiger charge is -2.21. The maximum absolute atomic E-state index is 12.4. The van der Waals surface area contributed by atoms with Crippen molar-refractivity contribution in [2.24, 2.45) is 0 Å². The number of thiophene rings is 1. The molecule has 0 spiro atoms. The van der Waals surface area contributed by atoms with Crippen molar-refractivity contribution in [1.29, 1.82) is 0 Å². The Morgan fingerprint density at radius 1 is 1.27 bits per heavy atom. The maximum atomic E-state index is 12.4. The van der Waals surface area contributed by atoms with Crippen LogP contribution in [-0.4, -0.2) is 16.0 Å². The van der Waals surface area contributed by atoms with Gasteiger partial charge in [0.1, 0.15) is 0 Å². The zero-order valence-corrected chi connectivity index (χ0v) is 13.6. The zero-order chi connectivity index (χ0) is 16.0. The second-order valence-corrected chi connectivity index (χ2v) is 7.77. The molecule has 1 aromatic heterocycles. The third-order valence-corrected chi connectivity index (χ3v) is 5.40. The van der Waals surface area contributed by atoms with Crippen LogP contribution in [0.2, 0.25) is 0 Å². The van der Waals surface area contributed by atoms with Crippen LogP contribution in [0, 0.1) is 0 Å². The van der Waals surface area contributed by atoms with E-state index in [0.717, 1.165) is 11.1 Å². The van der Waals surface area contributed by atoms with Gasteiger partial charge in [0.15, 0.2) is 0 Å². The van der Waals surface area contributed by atoms with Crippen LogP contribution in [0.4, 0.5) is 0 Å². The Hall–Kier alpha value is -1.46. The molecule has 0 bridgehead atoms. The van der Waals surface area contributed by atoms with Gasteiger partial charge < -0.3 is 10.00 Å². The van der Waals surface area contributed by atoms with Crippen LogP contribution in [0.3, 0.4) is 0 Å². The van der Waals surface area contributed by atoms with Crippen LogP contribution in [0.15, 0.2) is 47.2 Å². The van der Waals surface area contributed by atoms with E-state index in [0.29, 0.717) is 0 Å². The van der Waals surface area contributed by atoms with E-state index in [9.17, 15) is 14.3 Å². The molecule has 0 aliphatic rings. The van der Waals surface area contributed by atoms with Gasteiger partial charge in [-0.1, -0.05) is 30.3 Å². The van der Waals surface area contributed by atoms with Gasteiger partial charge in [0.05, 0.1) is 6.16 Å². The minimum atomic E-state index is -3.61. The largest absolute Gasteiger partial charge is 0.481 e. The summed E-state index contributed by atoms with van der Waals surface area (Å²) in [4.78, 5) is 21.0. The van der Waals surface area contributed by atoms with E-state index in [1.807, 2.05) is 35.0 Å². The molecular weight excluding hydrogens is 321 g/mol. The summed E-state index contributed by atoms with van der Waals surface area (Å²) in [6.07, 6.45) is 0.228. The number of aliphatic carboxylic acids is 1. The summed E-state index contributed by atoms with van der Waals surface area (Å²) < 4.78 is 12.4. The van der Waals surface area contributed by atoms with Crippen molar-refractivity contribution in [3.63, 3.8) is 0 Å². The molecule has 0 aliphatic heterocycles. The number of benzene rings is 1. The molecule has 3 N–H and O–H groups in total. The number of carboxylic acid groups (broad SMARTS) is 1. The number of hydrogen-bond donors (Lipinski definition) is 3. The SMILES string of the molecule is O=C(O)CCC(NP(=O)(O)Cc1ccccc1)c1ccsc1. The highest BCUT2D eigenvalue weighted by Crippen LogP contribution is 2.43. The molecular formula is C15H18NO4PS. The van der Waals surface area contributed by atoms with Gasteiger partial charge in [-0.3, -0.25) is 9.36 Å². The Morgan fingerprint density at radius 3 is 2.59 bits per heavy atom. The molecule has 0 radical (unpaired) electrons. The van der Waals surface area contributed by atoms with Crippen LogP contribution < -0.4 is 5.09 Å². The first-order chi connectivity index (χ1) is 10.5. The van der Waals surface area contributed by atoms with Gasteiger partial charge in [0.2, 0.25) is 0 Å². The molecule has 2 rings (SSSR count). The number of carboxylic acids is 1. The highest BCUT2D eigenvalue weighted by molar-refractivity contribution is 7.55. The number of hydrogen-bond acceptors (Lipinski definition) is 3. The molecule has 0 saturated heterocycles. The Kier molecular flexibility index (Phi) is 5.91. The van der Waals surface area contributed by atoms with E-state index in [2.05, 4.69) is 5.09 Å². The van der Waals surface area contributed by atoms with E-state index in [4.69, 9.17) is 5.11 Å². The minimum Gasteiger partial charge on any atom is -0.481 e. The summed E-state index contributed by atoms with van der Waals surface area (Å²) >= 11 is 1.47. The average molecular weight is 339 g/mol. The summed E-state index contributed by atoms with van der Waals surface area (Å²) in [5.41, 5.74) is 1.61. The Balaban J connectivity index is 2.08. The van der Waals surface area contributed by atoms with Crippen molar-refractivity contribution >= 4 is 24.8 Å². The molecule has 2 unspecified atom stereocenters. The Morgan fingerprint density at radius 2 is 2.00 bits per heavy atom. The molecule has 0 saturated carbocycles. The molecule has 5 nitrogen and oxygen atoms in total. The fourth-order valence-corrected chi connectivity index (χ4v) is 4.44. The number of rotatable bonds is 8. The van der Waals surface area contributed by atoms with Gasteiger partial charge in [-0.2, -0.15) is 11.3 Å². The summed E-state index contributed by atoms with van der Waals surface area (Å²) in [6, 6.07) is 10.5. The zero-order valence-electron chi connectivity index (χ0n) is 11.9. The second-order valence-electron chi connectivity index (χ2n) is 5.02. The van der Waals surface area contributed by atoms with Crippen molar-refractivity contribution in [2.45, 2.75) is 25.0 Å². The first-order valence-electron chi connectivity index (χ1n) is 6.84. The first kappa shape index (κ1) is 16.9. The summed E-state index contributed by atoms with van der Waals surface area (Å²) in [5.74, 6) is -0.919. The number of carbonyl (C=O) groups is 1. The molecule has 7 heteroatoms. The molecule has 1 aromatic carbocycles. The minimum absolute atomic E-state index is 0.0154. The Labute approximate surface area is 133 Å². The van der Waals surface area contributed by atoms with Gasteiger partial charge in [0, 0.05) is 12.5 Å². The molecule has 0 aliphatic carbocycles.